The molecule has 3 N–H and O–H groups in total. The lowest BCUT2D eigenvalue weighted by Gasteiger charge is -2.29. The number of aromatic nitrogens is 4. The molecule has 16 heteroatoms. The topological polar surface area (TPSA) is 187 Å². The van der Waals surface area contributed by atoms with Gasteiger partial charge < -0.3 is 34.9 Å². The van der Waals surface area contributed by atoms with E-state index in [4.69, 9.17) is 24.4 Å². The maximum Gasteiger partial charge on any atom is 0.408 e. The van der Waals surface area contributed by atoms with E-state index in [-0.39, 0.29) is 25.3 Å². The molecule has 3 amide bonds. The highest BCUT2D eigenvalue weighted by Crippen LogP contribution is 2.46. The van der Waals surface area contributed by atoms with E-state index in [1.165, 1.54) is 21.0 Å². The molecule has 3 aromatic rings. The minimum atomic E-state index is -1.45. The lowest BCUT2D eigenvalue weighted by atomic mass is 10.0. The van der Waals surface area contributed by atoms with E-state index in [0.717, 1.165) is 24.8 Å². The summed E-state index contributed by atoms with van der Waals surface area (Å²) in [7, 11) is 1.59. The van der Waals surface area contributed by atoms with Gasteiger partial charge >= 0.3 is 12.1 Å². The van der Waals surface area contributed by atoms with Crippen LogP contribution in [0.25, 0.3) is 22.0 Å². The fourth-order valence-electron chi connectivity index (χ4n) is 7.09. The SMILES string of the molecule is COc1ccc(-c2nn([C@@H]3C[C@H]4C(=O)N[C@]5(C(=O)O)C[C@H]5/C=C\CCCCC[C@H](NC(=O)O[C@H]5CCOC5)C(=O)N4C3)nc2-c2nccs2)cc1. The molecule has 0 unspecified atom stereocenters. The number of benzene rings is 1. The normalized spacial score (nSPS) is 28.8. The number of carbonyl (C=O) groups excluding carboxylic acids is 3. The number of rotatable bonds is 7. The molecule has 2 aromatic heterocycles. The van der Waals surface area contributed by atoms with Crippen molar-refractivity contribution < 1.29 is 38.5 Å². The van der Waals surface area contributed by atoms with Crippen LogP contribution in [0.3, 0.4) is 0 Å². The highest BCUT2D eigenvalue weighted by atomic mass is 32.1. The molecule has 1 aliphatic carbocycles. The number of hydrogen-bond donors (Lipinski definition) is 3. The van der Waals surface area contributed by atoms with E-state index in [9.17, 15) is 24.3 Å². The molecule has 3 aliphatic heterocycles. The van der Waals surface area contributed by atoms with Gasteiger partial charge in [-0.2, -0.15) is 9.90 Å². The molecule has 1 saturated carbocycles. The molecule has 4 aliphatic rings. The van der Waals surface area contributed by atoms with Gasteiger partial charge in [0.1, 0.15) is 45.9 Å². The Hall–Kier alpha value is -4.83. The Kier molecular flexibility index (Phi) is 10.0. The summed E-state index contributed by atoms with van der Waals surface area (Å²) in [5.74, 6) is -1.82. The van der Waals surface area contributed by atoms with Gasteiger partial charge in [0.25, 0.3) is 0 Å². The van der Waals surface area contributed by atoms with Crippen LogP contribution in [0.15, 0.2) is 48.0 Å². The van der Waals surface area contributed by atoms with Crippen LogP contribution < -0.4 is 15.4 Å². The number of alkyl carbamates (subject to hydrolysis) is 1. The molecule has 0 bridgehead atoms. The van der Waals surface area contributed by atoms with Crippen LogP contribution in [-0.4, -0.2) is 104 Å². The van der Waals surface area contributed by atoms with Gasteiger partial charge in [-0.3, -0.25) is 9.59 Å². The fourth-order valence-corrected chi connectivity index (χ4v) is 7.71. The summed E-state index contributed by atoms with van der Waals surface area (Å²) in [6.45, 7) is 0.837. The first-order valence-electron chi connectivity index (χ1n) is 17.3. The van der Waals surface area contributed by atoms with Crippen molar-refractivity contribution in [3.63, 3.8) is 0 Å². The second-order valence-electron chi connectivity index (χ2n) is 13.4. The van der Waals surface area contributed by atoms with Gasteiger partial charge in [0, 0.05) is 42.4 Å². The highest BCUT2D eigenvalue weighted by molar-refractivity contribution is 7.13. The van der Waals surface area contributed by atoms with Gasteiger partial charge in [-0.05, 0) is 49.9 Å². The highest BCUT2D eigenvalue weighted by Gasteiger charge is 2.61. The third-order valence-corrected chi connectivity index (χ3v) is 10.8. The first-order valence-corrected chi connectivity index (χ1v) is 18.2. The molecule has 51 heavy (non-hydrogen) atoms. The zero-order valence-corrected chi connectivity index (χ0v) is 29.0. The molecule has 15 nitrogen and oxygen atoms in total. The Morgan fingerprint density at radius 3 is 2.67 bits per heavy atom. The summed E-state index contributed by atoms with van der Waals surface area (Å²) < 4.78 is 16.2. The predicted molar refractivity (Wildman–Crippen MR) is 184 cm³/mol. The summed E-state index contributed by atoms with van der Waals surface area (Å²) in [5, 5.41) is 28.0. The van der Waals surface area contributed by atoms with Crippen molar-refractivity contribution >= 4 is 35.2 Å². The van der Waals surface area contributed by atoms with Crippen LogP contribution in [-0.2, 0) is 23.9 Å². The van der Waals surface area contributed by atoms with E-state index in [1.54, 1.807) is 13.3 Å². The number of nitrogens with zero attached hydrogens (tertiary/aromatic N) is 5. The van der Waals surface area contributed by atoms with E-state index < -0.39 is 53.6 Å². The summed E-state index contributed by atoms with van der Waals surface area (Å²) >= 11 is 1.41. The average Bonchev–Trinajstić information content (AvgIpc) is 3.77. The second-order valence-corrected chi connectivity index (χ2v) is 14.3. The molecule has 3 fully saturated rings. The lowest BCUT2D eigenvalue weighted by Crippen LogP contribution is -2.56. The van der Waals surface area contributed by atoms with Crippen molar-refractivity contribution in [2.45, 2.75) is 81.1 Å². The molecule has 2 saturated heterocycles. The van der Waals surface area contributed by atoms with E-state index in [1.807, 2.05) is 41.8 Å². The van der Waals surface area contributed by atoms with E-state index in [2.05, 4.69) is 15.6 Å². The molecule has 6 atom stereocenters. The van der Waals surface area contributed by atoms with Crippen LogP contribution >= 0.6 is 11.3 Å². The van der Waals surface area contributed by atoms with Crippen molar-refractivity contribution in [3.05, 3.63) is 48.0 Å². The number of ether oxygens (including phenoxy) is 3. The van der Waals surface area contributed by atoms with Crippen molar-refractivity contribution in [2.24, 2.45) is 5.92 Å². The number of allylic oxidation sites excluding steroid dienone is 1. The minimum absolute atomic E-state index is 0.0536. The average molecular weight is 720 g/mol. The van der Waals surface area contributed by atoms with Gasteiger partial charge in [0.15, 0.2) is 0 Å². The number of amides is 3. The predicted octanol–water partition coefficient (Wildman–Crippen LogP) is 3.58. The largest absolute Gasteiger partial charge is 0.497 e. The van der Waals surface area contributed by atoms with Crippen molar-refractivity contribution in [3.8, 4) is 27.7 Å². The number of carbonyl (C=O) groups is 4. The summed E-state index contributed by atoms with van der Waals surface area (Å²) in [6, 6.07) is 4.84. The molecule has 7 rings (SSSR count). The van der Waals surface area contributed by atoms with Gasteiger partial charge in [-0.15, -0.1) is 16.4 Å². The maximum absolute atomic E-state index is 14.5. The summed E-state index contributed by atoms with van der Waals surface area (Å²) in [4.78, 5) is 61.5. The number of fused-ring (bicyclic) bond motifs is 2. The summed E-state index contributed by atoms with van der Waals surface area (Å²) in [5.41, 5.74) is 0.449. The Labute approximate surface area is 298 Å². The van der Waals surface area contributed by atoms with Crippen LogP contribution in [0.4, 0.5) is 4.79 Å². The first kappa shape index (κ1) is 34.6. The number of thiazole rings is 1. The van der Waals surface area contributed by atoms with Crippen LogP contribution in [0.2, 0.25) is 0 Å². The third kappa shape index (κ3) is 7.33. The van der Waals surface area contributed by atoms with Gasteiger partial charge in [-0.1, -0.05) is 25.0 Å². The van der Waals surface area contributed by atoms with E-state index in [0.29, 0.717) is 54.6 Å². The number of methoxy groups -OCH3 is 1. The minimum Gasteiger partial charge on any atom is -0.497 e. The van der Waals surface area contributed by atoms with Gasteiger partial charge in [-0.25, -0.2) is 14.6 Å². The van der Waals surface area contributed by atoms with Crippen LogP contribution in [0, 0.1) is 5.92 Å². The van der Waals surface area contributed by atoms with Crippen LogP contribution in [0.5, 0.6) is 5.75 Å². The lowest BCUT2D eigenvalue weighted by molar-refractivity contribution is -0.145. The Balaban J connectivity index is 1.21. The smallest absolute Gasteiger partial charge is 0.408 e. The molecule has 0 radical (unpaired) electrons. The number of carboxylic acid groups (broad SMARTS) is 1. The zero-order valence-electron chi connectivity index (χ0n) is 28.2. The monoisotopic (exact) mass is 719 g/mol. The van der Waals surface area contributed by atoms with Crippen LogP contribution in [0.1, 0.15) is 57.4 Å². The van der Waals surface area contributed by atoms with Crippen molar-refractivity contribution in [2.75, 3.05) is 26.9 Å². The van der Waals surface area contributed by atoms with Gasteiger partial charge in [0.05, 0.1) is 26.4 Å². The molecular formula is C35H41N7O8S. The Morgan fingerprint density at radius 1 is 1.12 bits per heavy atom. The number of carboxylic acids is 1. The van der Waals surface area contributed by atoms with E-state index >= 15 is 0 Å². The maximum atomic E-state index is 14.5. The Morgan fingerprint density at radius 2 is 1.94 bits per heavy atom. The van der Waals surface area contributed by atoms with Crippen molar-refractivity contribution in [1.29, 1.82) is 0 Å². The molecule has 270 valence electrons. The molecule has 1 aromatic carbocycles. The summed E-state index contributed by atoms with van der Waals surface area (Å²) in [6.07, 6.45) is 8.70. The first-order chi connectivity index (χ1) is 24.8. The molecular weight excluding hydrogens is 678 g/mol. The number of aliphatic carboxylic acids is 1. The fraction of sp³-hybridized carbons (Fsp3) is 0.514. The van der Waals surface area contributed by atoms with Crippen molar-refractivity contribution in [1.82, 2.24) is 35.5 Å². The van der Waals surface area contributed by atoms with Gasteiger partial charge in [0.2, 0.25) is 11.8 Å². The Bertz CT molecular complexity index is 1770. The quantitative estimate of drug-likeness (QED) is 0.303. The molecule has 5 heterocycles. The number of hydrogen-bond acceptors (Lipinski definition) is 11. The zero-order chi connectivity index (χ0) is 35.5. The molecule has 0 spiro atoms. The standard InChI is InChI=1S/C35H41N7O8S/c1-48-24-11-9-21(10-12-24)28-29(31-36-14-16-51-31)40-42(39-28)23-17-27-30(43)38-35(33(45)46)18-22(35)7-5-3-2-4-6-8-26(32(44)41(27)19-23)37-34(47)50-25-13-15-49-20-25/h5,7,9-12,14,16,22-23,25-27H,2-4,6,8,13,15,17-20H2,1H3,(H,37,47)(H,38,43)(H,45,46)/b7-5-/t22-,23-,25+,26+,27+,35-/m1/s1. The number of nitrogens with one attached hydrogen (secondary N) is 2. The third-order valence-electron chi connectivity index (χ3n) is 10.0. The second kappa shape index (κ2) is 14.8.